The number of nitrogens with two attached hydrogens (primary N) is 1. The molecule has 0 fully saturated rings. The minimum Gasteiger partial charge on any atom is -0.388 e. The van der Waals surface area contributed by atoms with Gasteiger partial charge in [-0.15, -0.1) is 0 Å². The molecular weight excluding hydrogens is 248 g/mol. The molecule has 112 valence electrons. The largest absolute Gasteiger partial charge is 0.388 e. The van der Waals surface area contributed by atoms with Crippen molar-refractivity contribution in [2.45, 2.75) is 46.5 Å². The number of amidine groups is 1. The number of anilines is 1. The summed E-state index contributed by atoms with van der Waals surface area (Å²) in [4.78, 5) is 6.80. The Balaban J connectivity index is 2.87. The van der Waals surface area contributed by atoms with Crippen molar-refractivity contribution in [3.05, 3.63) is 23.9 Å². The van der Waals surface area contributed by atoms with Gasteiger partial charge >= 0.3 is 0 Å². The molecule has 0 atom stereocenters. The number of rotatable bonds is 6. The van der Waals surface area contributed by atoms with Gasteiger partial charge in [0.25, 0.3) is 0 Å². The first-order valence-corrected chi connectivity index (χ1v) is 7.24. The SMILES string of the molecule is CC(C)CN(CCC(=N)N)c1ccc(C(C)(C)C)cn1. The number of hydrogen-bond donors (Lipinski definition) is 2. The molecule has 0 bridgehead atoms. The zero-order valence-electron chi connectivity index (χ0n) is 13.4. The summed E-state index contributed by atoms with van der Waals surface area (Å²) in [5, 5.41) is 7.38. The highest BCUT2D eigenvalue weighted by Crippen LogP contribution is 2.23. The Morgan fingerprint density at radius 1 is 1.35 bits per heavy atom. The molecular formula is C16H28N4. The maximum Gasteiger partial charge on any atom is 0.128 e. The summed E-state index contributed by atoms with van der Waals surface area (Å²) in [6.07, 6.45) is 2.53. The zero-order chi connectivity index (χ0) is 15.3. The van der Waals surface area contributed by atoms with Gasteiger partial charge in [0.2, 0.25) is 0 Å². The fraction of sp³-hybridized carbons (Fsp3) is 0.625. The number of nitrogens with zero attached hydrogens (tertiary/aromatic N) is 2. The molecule has 0 unspecified atom stereocenters. The molecule has 0 saturated carbocycles. The monoisotopic (exact) mass is 276 g/mol. The number of pyridine rings is 1. The number of nitrogens with one attached hydrogen (secondary N) is 1. The Hall–Kier alpha value is -1.58. The van der Waals surface area contributed by atoms with E-state index in [1.165, 1.54) is 5.56 Å². The van der Waals surface area contributed by atoms with E-state index in [4.69, 9.17) is 11.1 Å². The average Bonchev–Trinajstić information content (AvgIpc) is 2.33. The van der Waals surface area contributed by atoms with Gasteiger partial charge in [0.1, 0.15) is 5.82 Å². The second-order valence-electron chi connectivity index (χ2n) is 6.77. The molecule has 1 aromatic heterocycles. The Morgan fingerprint density at radius 3 is 2.40 bits per heavy atom. The van der Waals surface area contributed by atoms with E-state index >= 15 is 0 Å². The lowest BCUT2D eigenvalue weighted by molar-refractivity contribution is 0.584. The van der Waals surface area contributed by atoms with Crippen LogP contribution in [0.1, 0.15) is 46.6 Å². The van der Waals surface area contributed by atoms with Crippen molar-refractivity contribution in [2.24, 2.45) is 11.7 Å². The molecule has 1 aromatic rings. The van der Waals surface area contributed by atoms with E-state index in [1.807, 2.05) is 6.20 Å². The second kappa shape index (κ2) is 6.73. The van der Waals surface area contributed by atoms with Crippen molar-refractivity contribution in [3.8, 4) is 0 Å². The Labute approximate surface area is 122 Å². The lowest BCUT2D eigenvalue weighted by atomic mass is 9.88. The highest BCUT2D eigenvalue weighted by Gasteiger charge is 2.15. The molecule has 0 aromatic carbocycles. The summed E-state index contributed by atoms with van der Waals surface area (Å²) in [6, 6.07) is 4.21. The molecule has 4 nitrogen and oxygen atoms in total. The summed E-state index contributed by atoms with van der Waals surface area (Å²) < 4.78 is 0. The fourth-order valence-corrected chi connectivity index (χ4v) is 2.01. The van der Waals surface area contributed by atoms with Crippen molar-refractivity contribution in [1.29, 1.82) is 5.41 Å². The van der Waals surface area contributed by atoms with Crippen LogP contribution in [0.15, 0.2) is 18.3 Å². The van der Waals surface area contributed by atoms with E-state index in [0.717, 1.165) is 18.9 Å². The zero-order valence-corrected chi connectivity index (χ0v) is 13.4. The van der Waals surface area contributed by atoms with Crippen LogP contribution in [0.4, 0.5) is 5.82 Å². The van der Waals surface area contributed by atoms with Crippen LogP contribution in [-0.4, -0.2) is 23.9 Å². The molecule has 4 heteroatoms. The van der Waals surface area contributed by atoms with Crippen LogP contribution in [0.2, 0.25) is 0 Å². The standard InChI is InChI=1S/C16H28N4/c1-12(2)11-20(9-8-14(17)18)15-7-6-13(10-19-15)16(3,4)5/h6-7,10,12H,8-9,11H2,1-5H3,(H3,17,18). The normalized spacial score (nSPS) is 11.7. The summed E-state index contributed by atoms with van der Waals surface area (Å²) in [5.74, 6) is 1.74. The first kappa shape index (κ1) is 16.5. The van der Waals surface area contributed by atoms with Gasteiger partial charge in [-0.25, -0.2) is 4.98 Å². The molecule has 0 radical (unpaired) electrons. The van der Waals surface area contributed by atoms with Gasteiger partial charge < -0.3 is 10.6 Å². The van der Waals surface area contributed by atoms with E-state index in [9.17, 15) is 0 Å². The lowest BCUT2D eigenvalue weighted by Crippen LogP contribution is -2.32. The quantitative estimate of drug-likeness (QED) is 0.619. The van der Waals surface area contributed by atoms with Crippen LogP contribution in [0.3, 0.4) is 0 Å². The van der Waals surface area contributed by atoms with Crippen LogP contribution < -0.4 is 10.6 Å². The number of aromatic nitrogens is 1. The van der Waals surface area contributed by atoms with Crippen LogP contribution in [0, 0.1) is 11.3 Å². The van der Waals surface area contributed by atoms with Crippen molar-refractivity contribution in [1.82, 2.24) is 4.98 Å². The first-order valence-electron chi connectivity index (χ1n) is 7.24. The predicted octanol–water partition coefficient (Wildman–Crippen LogP) is 3.17. The van der Waals surface area contributed by atoms with Gasteiger partial charge in [-0.2, -0.15) is 0 Å². The fourth-order valence-electron chi connectivity index (χ4n) is 2.01. The smallest absolute Gasteiger partial charge is 0.128 e. The third-order valence-corrected chi connectivity index (χ3v) is 3.17. The maximum atomic E-state index is 7.38. The highest BCUT2D eigenvalue weighted by molar-refractivity contribution is 5.77. The van der Waals surface area contributed by atoms with E-state index in [2.05, 4.69) is 56.6 Å². The van der Waals surface area contributed by atoms with E-state index < -0.39 is 0 Å². The van der Waals surface area contributed by atoms with Gasteiger partial charge in [-0.3, -0.25) is 5.41 Å². The third kappa shape index (κ3) is 5.19. The maximum absolute atomic E-state index is 7.38. The summed E-state index contributed by atoms with van der Waals surface area (Å²) in [6.45, 7) is 12.6. The lowest BCUT2D eigenvalue weighted by Gasteiger charge is -2.26. The van der Waals surface area contributed by atoms with Gasteiger partial charge in [-0.1, -0.05) is 40.7 Å². The topological polar surface area (TPSA) is 66.0 Å². The van der Waals surface area contributed by atoms with Crippen LogP contribution >= 0.6 is 0 Å². The van der Waals surface area contributed by atoms with Crippen LogP contribution in [0.25, 0.3) is 0 Å². The van der Waals surface area contributed by atoms with Gasteiger partial charge in [-0.05, 0) is 23.0 Å². The Kier molecular flexibility index (Phi) is 5.54. The van der Waals surface area contributed by atoms with Gasteiger partial charge in [0, 0.05) is 25.7 Å². The van der Waals surface area contributed by atoms with E-state index in [1.54, 1.807) is 0 Å². The number of hydrogen-bond acceptors (Lipinski definition) is 3. The molecule has 1 rings (SSSR count). The van der Waals surface area contributed by atoms with Crippen molar-refractivity contribution < 1.29 is 0 Å². The molecule has 0 aliphatic rings. The summed E-state index contributed by atoms with van der Waals surface area (Å²) >= 11 is 0. The third-order valence-electron chi connectivity index (χ3n) is 3.17. The first-order chi connectivity index (χ1) is 9.20. The van der Waals surface area contributed by atoms with Crippen LogP contribution in [-0.2, 0) is 5.41 Å². The van der Waals surface area contributed by atoms with E-state index in [0.29, 0.717) is 12.3 Å². The van der Waals surface area contributed by atoms with Crippen LogP contribution in [0.5, 0.6) is 0 Å². The van der Waals surface area contributed by atoms with Gasteiger partial charge in [0.15, 0.2) is 0 Å². The summed E-state index contributed by atoms with van der Waals surface area (Å²) in [7, 11) is 0. The van der Waals surface area contributed by atoms with Crippen molar-refractivity contribution >= 4 is 11.7 Å². The minimum atomic E-state index is 0.119. The molecule has 3 N–H and O–H groups in total. The highest BCUT2D eigenvalue weighted by atomic mass is 15.2. The average molecular weight is 276 g/mol. The second-order valence-corrected chi connectivity index (χ2v) is 6.77. The van der Waals surface area contributed by atoms with Gasteiger partial charge in [0.05, 0.1) is 5.84 Å². The molecule has 0 amide bonds. The molecule has 1 heterocycles. The van der Waals surface area contributed by atoms with Crippen molar-refractivity contribution in [2.75, 3.05) is 18.0 Å². The Bertz CT molecular complexity index is 429. The molecule has 0 aliphatic carbocycles. The molecule has 0 spiro atoms. The van der Waals surface area contributed by atoms with Crippen molar-refractivity contribution in [3.63, 3.8) is 0 Å². The molecule has 0 saturated heterocycles. The predicted molar refractivity (Wildman–Crippen MR) is 86.5 cm³/mol. The Morgan fingerprint density at radius 2 is 2.00 bits per heavy atom. The summed E-state index contributed by atoms with van der Waals surface area (Å²) in [5.41, 5.74) is 6.82. The minimum absolute atomic E-state index is 0.119. The molecule has 0 aliphatic heterocycles. The molecule has 20 heavy (non-hydrogen) atoms. The van der Waals surface area contributed by atoms with E-state index in [-0.39, 0.29) is 11.3 Å².